The second-order valence-electron chi connectivity index (χ2n) is 7.40. The van der Waals surface area contributed by atoms with Crippen LogP contribution in [-0.2, 0) is 15.8 Å². The SMILES string of the molecule is O=C1CC(c2ccc(C(F)(F)F)cc2)C2=C(CC(c3ccc(F)cc3)CC2=O)N1. The van der Waals surface area contributed by atoms with Gasteiger partial charge < -0.3 is 5.32 Å². The van der Waals surface area contributed by atoms with Crippen LogP contribution in [0.25, 0.3) is 0 Å². The number of allylic oxidation sites excluding steroid dienone is 2. The maximum Gasteiger partial charge on any atom is 0.416 e. The fourth-order valence-corrected chi connectivity index (χ4v) is 4.12. The maximum absolute atomic E-state index is 13.2. The molecule has 0 saturated carbocycles. The Bertz CT molecular complexity index is 991. The standard InChI is InChI=1S/C22H17F4NO2/c23-16-7-3-12(4-8-16)14-9-18-21(19(28)10-14)17(11-20(29)27-18)13-1-5-15(6-2-13)22(24,25)26/h1-8,14,17H,9-11H2,(H,27,29). The normalized spacial score (nSPS) is 22.3. The third-order valence-electron chi connectivity index (χ3n) is 5.52. The third kappa shape index (κ3) is 3.81. The summed E-state index contributed by atoms with van der Waals surface area (Å²) in [5, 5.41) is 2.76. The summed E-state index contributed by atoms with van der Waals surface area (Å²) in [7, 11) is 0. The number of amides is 1. The molecule has 0 radical (unpaired) electrons. The molecule has 0 saturated heterocycles. The molecule has 0 bridgehead atoms. The molecule has 7 heteroatoms. The Hall–Kier alpha value is -2.96. The van der Waals surface area contributed by atoms with Gasteiger partial charge in [-0.05, 0) is 47.7 Å². The lowest BCUT2D eigenvalue weighted by atomic mass is 9.73. The zero-order valence-electron chi connectivity index (χ0n) is 15.2. The fourth-order valence-electron chi connectivity index (χ4n) is 4.12. The number of rotatable bonds is 2. The quantitative estimate of drug-likeness (QED) is 0.729. The van der Waals surface area contributed by atoms with E-state index >= 15 is 0 Å². The molecular weight excluding hydrogens is 386 g/mol. The van der Waals surface area contributed by atoms with E-state index in [4.69, 9.17) is 0 Å². The maximum atomic E-state index is 13.2. The molecular formula is C22H17F4NO2. The lowest BCUT2D eigenvalue weighted by molar-refractivity contribution is -0.137. The molecule has 1 heterocycles. The lowest BCUT2D eigenvalue weighted by Gasteiger charge is -2.34. The molecule has 1 aliphatic carbocycles. The zero-order chi connectivity index (χ0) is 20.8. The van der Waals surface area contributed by atoms with E-state index in [9.17, 15) is 27.2 Å². The average Bonchev–Trinajstić information content (AvgIpc) is 2.67. The molecule has 3 nitrogen and oxygen atoms in total. The third-order valence-corrected chi connectivity index (χ3v) is 5.52. The first-order valence-corrected chi connectivity index (χ1v) is 9.21. The molecule has 2 aromatic rings. The van der Waals surface area contributed by atoms with Gasteiger partial charge in [-0.3, -0.25) is 9.59 Å². The molecule has 1 aliphatic heterocycles. The first-order chi connectivity index (χ1) is 13.7. The Balaban J connectivity index is 1.67. The Labute approximate surface area is 164 Å². The van der Waals surface area contributed by atoms with Crippen molar-refractivity contribution in [3.05, 3.63) is 82.3 Å². The largest absolute Gasteiger partial charge is 0.416 e. The average molecular weight is 403 g/mol. The molecule has 0 aromatic heterocycles. The number of Topliss-reactive ketones (excluding diaryl/α,β-unsaturated/α-hetero) is 1. The van der Waals surface area contributed by atoms with E-state index in [-0.39, 0.29) is 36.3 Å². The number of hydrogen-bond acceptors (Lipinski definition) is 2. The van der Waals surface area contributed by atoms with E-state index in [1.54, 1.807) is 12.1 Å². The Morgan fingerprint density at radius 1 is 0.828 bits per heavy atom. The van der Waals surface area contributed by atoms with Gasteiger partial charge in [0.25, 0.3) is 0 Å². The van der Waals surface area contributed by atoms with E-state index in [1.807, 2.05) is 0 Å². The van der Waals surface area contributed by atoms with Crippen LogP contribution in [0.1, 0.15) is 47.8 Å². The van der Waals surface area contributed by atoms with Crippen LogP contribution in [0.3, 0.4) is 0 Å². The summed E-state index contributed by atoms with van der Waals surface area (Å²) < 4.78 is 51.7. The Kier molecular flexibility index (Phi) is 4.76. The van der Waals surface area contributed by atoms with Crippen molar-refractivity contribution >= 4 is 11.7 Å². The summed E-state index contributed by atoms with van der Waals surface area (Å²) in [6, 6.07) is 10.5. The lowest BCUT2D eigenvalue weighted by Crippen LogP contribution is -2.38. The van der Waals surface area contributed by atoms with Crippen molar-refractivity contribution in [3.63, 3.8) is 0 Å². The van der Waals surface area contributed by atoms with Gasteiger partial charge in [-0.1, -0.05) is 24.3 Å². The highest BCUT2D eigenvalue weighted by Crippen LogP contribution is 2.43. The number of carbonyl (C=O) groups excluding carboxylic acids is 2. The van der Waals surface area contributed by atoms with Crippen molar-refractivity contribution in [2.24, 2.45) is 0 Å². The van der Waals surface area contributed by atoms with Crippen molar-refractivity contribution in [1.29, 1.82) is 0 Å². The van der Waals surface area contributed by atoms with E-state index in [0.29, 0.717) is 23.3 Å². The van der Waals surface area contributed by atoms with E-state index in [1.165, 1.54) is 24.3 Å². The van der Waals surface area contributed by atoms with E-state index < -0.39 is 17.7 Å². The minimum Gasteiger partial charge on any atom is -0.329 e. The van der Waals surface area contributed by atoms with Crippen LogP contribution < -0.4 is 5.32 Å². The van der Waals surface area contributed by atoms with Crippen LogP contribution in [0.5, 0.6) is 0 Å². The van der Waals surface area contributed by atoms with Gasteiger partial charge in [0.1, 0.15) is 5.82 Å². The number of hydrogen-bond donors (Lipinski definition) is 1. The van der Waals surface area contributed by atoms with Crippen molar-refractivity contribution in [1.82, 2.24) is 5.32 Å². The summed E-state index contributed by atoms with van der Waals surface area (Å²) in [5.74, 6) is -1.55. The summed E-state index contributed by atoms with van der Waals surface area (Å²) in [4.78, 5) is 25.2. The molecule has 1 N–H and O–H groups in total. The number of alkyl halides is 3. The van der Waals surface area contributed by atoms with E-state index in [0.717, 1.165) is 17.7 Å². The van der Waals surface area contributed by atoms with Gasteiger partial charge in [0.05, 0.1) is 5.56 Å². The van der Waals surface area contributed by atoms with Gasteiger partial charge in [0, 0.05) is 30.0 Å². The van der Waals surface area contributed by atoms with Crippen LogP contribution in [0, 0.1) is 5.82 Å². The molecule has 1 amide bonds. The zero-order valence-corrected chi connectivity index (χ0v) is 15.2. The molecule has 0 fully saturated rings. The minimum atomic E-state index is -4.45. The second kappa shape index (κ2) is 7.13. The molecule has 0 spiro atoms. The van der Waals surface area contributed by atoms with Gasteiger partial charge in [0.15, 0.2) is 5.78 Å². The van der Waals surface area contributed by atoms with Crippen LogP contribution in [-0.4, -0.2) is 11.7 Å². The molecule has 4 rings (SSSR count). The minimum absolute atomic E-state index is 0.0111. The highest BCUT2D eigenvalue weighted by Gasteiger charge is 2.38. The first-order valence-electron chi connectivity index (χ1n) is 9.21. The molecule has 2 atom stereocenters. The number of nitrogens with one attached hydrogen (secondary N) is 1. The number of benzene rings is 2. The summed E-state index contributed by atoms with van der Waals surface area (Å²) in [6.07, 6.45) is -3.82. The monoisotopic (exact) mass is 403 g/mol. The van der Waals surface area contributed by atoms with Gasteiger partial charge in [-0.15, -0.1) is 0 Å². The molecule has 2 unspecified atom stereocenters. The summed E-state index contributed by atoms with van der Waals surface area (Å²) in [5.41, 5.74) is 1.51. The highest BCUT2D eigenvalue weighted by molar-refractivity contribution is 6.02. The molecule has 150 valence electrons. The number of halogens is 4. The predicted molar refractivity (Wildman–Crippen MR) is 97.4 cm³/mol. The van der Waals surface area contributed by atoms with Crippen molar-refractivity contribution in [3.8, 4) is 0 Å². The van der Waals surface area contributed by atoms with Crippen LogP contribution >= 0.6 is 0 Å². The fraction of sp³-hybridized carbons (Fsp3) is 0.273. The smallest absolute Gasteiger partial charge is 0.329 e. The second-order valence-corrected chi connectivity index (χ2v) is 7.40. The van der Waals surface area contributed by atoms with Crippen LogP contribution in [0.4, 0.5) is 17.6 Å². The molecule has 29 heavy (non-hydrogen) atoms. The predicted octanol–water partition coefficient (Wildman–Crippen LogP) is 4.85. The van der Waals surface area contributed by atoms with Crippen molar-refractivity contribution in [2.75, 3.05) is 0 Å². The van der Waals surface area contributed by atoms with Crippen LogP contribution in [0.2, 0.25) is 0 Å². The van der Waals surface area contributed by atoms with Gasteiger partial charge >= 0.3 is 6.18 Å². The molecule has 2 aromatic carbocycles. The summed E-state index contributed by atoms with van der Waals surface area (Å²) >= 11 is 0. The van der Waals surface area contributed by atoms with Gasteiger partial charge in [-0.25, -0.2) is 4.39 Å². The van der Waals surface area contributed by atoms with Crippen molar-refractivity contribution in [2.45, 2.75) is 37.3 Å². The topological polar surface area (TPSA) is 46.2 Å². The van der Waals surface area contributed by atoms with Crippen LogP contribution in [0.15, 0.2) is 59.8 Å². The number of carbonyl (C=O) groups is 2. The summed E-state index contributed by atoms with van der Waals surface area (Å²) in [6.45, 7) is 0. The first kappa shape index (κ1) is 19.4. The Morgan fingerprint density at radius 2 is 1.45 bits per heavy atom. The number of ketones is 1. The van der Waals surface area contributed by atoms with Gasteiger partial charge in [-0.2, -0.15) is 13.2 Å². The van der Waals surface area contributed by atoms with Gasteiger partial charge in [0.2, 0.25) is 5.91 Å². The molecule has 2 aliphatic rings. The van der Waals surface area contributed by atoms with Crippen molar-refractivity contribution < 1.29 is 27.2 Å². The van der Waals surface area contributed by atoms with E-state index in [2.05, 4.69) is 5.32 Å². The highest BCUT2D eigenvalue weighted by atomic mass is 19.4. The Morgan fingerprint density at radius 3 is 2.07 bits per heavy atom.